The number of sulfonamides is 2. The van der Waals surface area contributed by atoms with Crippen LogP contribution in [0.1, 0.15) is 32.8 Å². The molecule has 1 saturated heterocycles. The van der Waals surface area contributed by atoms with E-state index in [4.69, 9.17) is 0 Å². The molecule has 0 bridgehead atoms. The second-order valence-corrected chi connectivity index (χ2v) is 13.4. The van der Waals surface area contributed by atoms with Gasteiger partial charge >= 0.3 is 0 Å². The Morgan fingerprint density at radius 2 is 1.40 bits per heavy atom. The lowest BCUT2D eigenvalue weighted by Gasteiger charge is -2.31. The average Bonchev–Trinajstić information content (AvgIpc) is 2.77. The number of nitrogens with zero attached hydrogens (tertiary/aromatic N) is 2. The topological polar surface area (TPSA) is 116 Å². The van der Waals surface area contributed by atoms with Gasteiger partial charge < -0.3 is 10.2 Å². The van der Waals surface area contributed by atoms with Crippen molar-refractivity contribution in [2.45, 2.75) is 48.9 Å². The third kappa shape index (κ3) is 7.58. The fourth-order valence-corrected chi connectivity index (χ4v) is 6.51. The third-order valence-electron chi connectivity index (χ3n) is 5.55. The number of anilines is 1. The van der Waals surface area contributed by atoms with Crippen molar-refractivity contribution in [2.24, 2.45) is 0 Å². The molecule has 0 atom stereocenters. The summed E-state index contributed by atoms with van der Waals surface area (Å²) < 4.78 is 54.5. The van der Waals surface area contributed by atoms with E-state index in [1.807, 2.05) is 7.05 Å². The second kappa shape index (κ2) is 10.8. The van der Waals surface area contributed by atoms with Gasteiger partial charge in [0.15, 0.2) is 0 Å². The molecule has 11 heteroatoms. The number of aryl methyl sites for hydroxylation is 1. The Bertz CT molecular complexity index is 1230. The van der Waals surface area contributed by atoms with Gasteiger partial charge in [-0.05, 0) is 76.2 Å². The molecule has 1 fully saturated rings. The summed E-state index contributed by atoms with van der Waals surface area (Å²) in [6.45, 7) is 7.63. The molecule has 35 heavy (non-hydrogen) atoms. The lowest BCUT2D eigenvalue weighted by molar-refractivity contribution is -0.116. The van der Waals surface area contributed by atoms with Gasteiger partial charge in [-0.15, -0.1) is 0 Å². The summed E-state index contributed by atoms with van der Waals surface area (Å²) in [5.41, 5.74) is 0.772. The van der Waals surface area contributed by atoms with Gasteiger partial charge in [0.2, 0.25) is 26.0 Å². The summed E-state index contributed by atoms with van der Waals surface area (Å²) in [7, 11) is -5.20. The zero-order chi connectivity index (χ0) is 25.9. The predicted octanol–water partition coefficient (Wildman–Crippen LogP) is 2.27. The Hall–Kier alpha value is -2.31. The molecule has 0 aromatic heterocycles. The van der Waals surface area contributed by atoms with Crippen molar-refractivity contribution in [3.05, 3.63) is 54.1 Å². The van der Waals surface area contributed by atoms with Crippen LogP contribution in [0, 0.1) is 0 Å². The number of carbonyl (C=O) groups is 1. The van der Waals surface area contributed by atoms with Crippen LogP contribution in [0.4, 0.5) is 5.69 Å². The molecule has 0 spiro atoms. The summed E-state index contributed by atoms with van der Waals surface area (Å²) in [5, 5.41) is 2.78. The summed E-state index contributed by atoms with van der Waals surface area (Å²) in [6, 6.07) is 12.6. The van der Waals surface area contributed by atoms with Crippen LogP contribution in [0.3, 0.4) is 0 Å². The van der Waals surface area contributed by atoms with Crippen LogP contribution in [0.5, 0.6) is 0 Å². The number of hydrogen-bond acceptors (Lipinski definition) is 6. The summed E-state index contributed by atoms with van der Waals surface area (Å²) in [6.07, 6.45) is 0.641. The van der Waals surface area contributed by atoms with Crippen molar-refractivity contribution in [2.75, 3.05) is 38.5 Å². The van der Waals surface area contributed by atoms with Crippen LogP contribution < -0.4 is 10.0 Å². The van der Waals surface area contributed by atoms with Crippen molar-refractivity contribution in [1.29, 1.82) is 0 Å². The standard InChI is InChI=1S/C24H34N4O5S2/c1-24(2,3)26-34(30,31)21-10-5-19(6-11-21)7-14-23(29)25-20-8-12-22(13-9-20)35(32,33)28-17-15-27(4)16-18-28/h5-6,8-13,26H,7,14-18H2,1-4H3,(H,25,29). The van der Waals surface area contributed by atoms with Gasteiger partial charge in [0.05, 0.1) is 9.79 Å². The first-order valence-electron chi connectivity index (χ1n) is 11.5. The first-order valence-corrected chi connectivity index (χ1v) is 14.4. The van der Waals surface area contributed by atoms with Crippen molar-refractivity contribution in [1.82, 2.24) is 13.9 Å². The fourth-order valence-electron chi connectivity index (χ4n) is 3.67. The largest absolute Gasteiger partial charge is 0.326 e. The first-order chi connectivity index (χ1) is 16.3. The quantitative estimate of drug-likeness (QED) is 0.550. The van der Waals surface area contributed by atoms with E-state index < -0.39 is 25.6 Å². The van der Waals surface area contributed by atoms with Crippen LogP contribution >= 0.6 is 0 Å². The van der Waals surface area contributed by atoms with E-state index in [2.05, 4.69) is 14.9 Å². The number of carbonyl (C=O) groups excluding carboxylic acids is 1. The molecule has 0 radical (unpaired) electrons. The Balaban J connectivity index is 1.54. The minimum absolute atomic E-state index is 0.173. The van der Waals surface area contributed by atoms with Gasteiger partial charge in [-0.25, -0.2) is 21.6 Å². The highest BCUT2D eigenvalue weighted by Crippen LogP contribution is 2.20. The Morgan fingerprint density at radius 1 is 0.857 bits per heavy atom. The maximum Gasteiger partial charge on any atom is 0.243 e. The smallest absolute Gasteiger partial charge is 0.243 e. The molecule has 2 aromatic rings. The van der Waals surface area contributed by atoms with Gasteiger partial charge in [0, 0.05) is 43.8 Å². The van der Waals surface area contributed by atoms with Crippen molar-refractivity contribution in [3.63, 3.8) is 0 Å². The lowest BCUT2D eigenvalue weighted by atomic mass is 10.1. The molecule has 1 amide bonds. The van der Waals surface area contributed by atoms with Gasteiger partial charge in [-0.2, -0.15) is 4.31 Å². The molecule has 1 aliphatic heterocycles. The number of piperazine rings is 1. The van der Waals surface area contributed by atoms with E-state index in [9.17, 15) is 21.6 Å². The monoisotopic (exact) mass is 522 g/mol. The predicted molar refractivity (Wildman–Crippen MR) is 136 cm³/mol. The van der Waals surface area contributed by atoms with Gasteiger partial charge in [-0.1, -0.05) is 12.1 Å². The SMILES string of the molecule is CN1CCN(S(=O)(=O)c2ccc(NC(=O)CCc3ccc(S(=O)(=O)NC(C)(C)C)cc3)cc2)CC1. The number of benzene rings is 2. The Morgan fingerprint density at radius 3 is 1.94 bits per heavy atom. The number of amides is 1. The number of nitrogens with one attached hydrogen (secondary N) is 2. The van der Waals surface area contributed by atoms with Gasteiger partial charge in [0.25, 0.3) is 0 Å². The van der Waals surface area contributed by atoms with Crippen LogP contribution in [-0.4, -0.2) is 70.7 Å². The molecule has 1 heterocycles. The van der Waals surface area contributed by atoms with Gasteiger partial charge in [-0.3, -0.25) is 4.79 Å². The van der Waals surface area contributed by atoms with Crippen LogP contribution in [-0.2, 0) is 31.3 Å². The molecule has 0 saturated carbocycles. The highest BCUT2D eigenvalue weighted by molar-refractivity contribution is 7.89. The summed E-state index contributed by atoms with van der Waals surface area (Å²) in [4.78, 5) is 14.8. The summed E-state index contributed by atoms with van der Waals surface area (Å²) >= 11 is 0. The molecule has 0 unspecified atom stereocenters. The van der Waals surface area contributed by atoms with Crippen molar-refractivity contribution in [3.8, 4) is 0 Å². The summed E-state index contributed by atoms with van der Waals surface area (Å²) in [5.74, 6) is -0.217. The molecule has 3 rings (SSSR count). The number of likely N-dealkylation sites (N-methyl/N-ethyl adjacent to an activating group) is 1. The van der Waals surface area contributed by atoms with Crippen LogP contribution in [0.25, 0.3) is 0 Å². The minimum Gasteiger partial charge on any atom is -0.326 e. The minimum atomic E-state index is -3.61. The van der Waals surface area contributed by atoms with Crippen molar-refractivity contribution >= 4 is 31.6 Å². The normalized spacial score (nSPS) is 16.2. The van der Waals surface area contributed by atoms with Gasteiger partial charge in [0.1, 0.15) is 0 Å². The first kappa shape index (κ1) is 27.3. The number of hydrogen-bond donors (Lipinski definition) is 2. The molecular formula is C24H34N4O5S2. The lowest BCUT2D eigenvalue weighted by Crippen LogP contribution is -2.46. The third-order valence-corrected chi connectivity index (χ3v) is 9.24. The van der Waals surface area contributed by atoms with Crippen molar-refractivity contribution < 1.29 is 21.6 Å². The zero-order valence-electron chi connectivity index (χ0n) is 20.6. The van der Waals surface area contributed by atoms with E-state index in [0.717, 1.165) is 5.56 Å². The molecule has 192 valence electrons. The van der Waals surface area contributed by atoms with E-state index in [1.165, 1.54) is 28.6 Å². The van der Waals surface area contributed by atoms with E-state index in [0.29, 0.717) is 38.3 Å². The maximum absolute atomic E-state index is 12.8. The van der Waals surface area contributed by atoms with E-state index in [-0.39, 0.29) is 22.1 Å². The maximum atomic E-state index is 12.8. The molecule has 2 N–H and O–H groups in total. The molecule has 9 nitrogen and oxygen atoms in total. The highest BCUT2D eigenvalue weighted by Gasteiger charge is 2.27. The molecular weight excluding hydrogens is 488 g/mol. The Kier molecular flexibility index (Phi) is 8.38. The van der Waals surface area contributed by atoms with Crippen LogP contribution in [0.2, 0.25) is 0 Å². The average molecular weight is 523 g/mol. The zero-order valence-corrected chi connectivity index (χ0v) is 22.2. The highest BCUT2D eigenvalue weighted by atomic mass is 32.2. The van der Waals surface area contributed by atoms with Crippen LogP contribution in [0.15, 0.2) is 58.3 Å². The fraction of sp³-hybridized carbons (Fsp3) is 0.458. The number of rotatable bonds is 8. The second-order valence-electron chi connectivity index (χ2n) is 9.78. The van der Waals surface area contributed by atoms with E-state index >= 15 is 0 Å². The molecule has 0 aliphatic carbocycles. The Labute approximate surface area is 208 Å². The molecule has 1 aliphatic rings. The van der Waals surface area contributed by atoms with E-state index in [1.54, 1.807) is 45.0 Å². The molecule has 2 aromatic carbocycles.